The lowest BCUT2D eigenvalue weighted by molar-refractivity contribution is -0.704. The third-order valence-corrected chi connectivity index (χ3v) is 7.80. The van der Waals surface area contributed by atoms with Crippen molar-refractivity contribution in [1.82, 2.24) is 4.57 Å². The molecular weight excluding hydrogens is 436 g/mol. The summed E-state index contributed by atoms with van der Waals surface area (Å²) in [5.41, 5.74) is 1.30. The molecule has 0 unspecified atom stereocenters. The van der Waals surface area contributed by atoms with Crippen LogP contribution in [0.4, 0.5) is 0 Å². The minimum absolute atomic E-state index is 1.17. The molecule has 0 fully saturated rings. The zero-order valence-corrected chi connectivity index (χ0v) is 24.2. The van der Waals surface area contributed by atoms with Crippen LogP contribution in [-0.4, -0.2) is 4.57 Å². The van der Waals surface area contributed by atoms with E-state index in [1.54, 1.807) is 0 Å². The van der Waals surface area contributed by atoms with Crippen molar-refractivity contribution in [3.05, 3.63) is 48.5 Å². The molecule has 1 aromatic carbocycles. The lowest BCUT2D eigenvalue weighted by atomic mass is 10.0. The van der Waals surface area contributed by atoms with Crippen LogP contribution in [-0.2, 0) is 13.0 Å². The highest BCUT2D eigenvalue weighted by Crippen LogP contribution is 2.15. The summed E-state index contributed by atoms with van der Waals surface area (Å²) in [5, 5.41) is 0. The third-order valence-electron chi connectivity index (χ3n) is 7.80. The molecule has 0 atom stereocenters. The minimum atomic E-state index is 1.17. The Kier molecular flexibility index (Phi) is 18.3. The van der Waals surface area contributed by atoms with E-state index in [9.17, 15) is 0 Å². The van der Waals surface area contributed by atoms with E-state index in [4.69, 9.17) is 0 Å². The normalized spacial score (nSPS) is 11.4. The van der Waals surface area contributed by atoms with Crippen molar-refractivity contribution in [3.63, 3.8) is 0 Å². The first-order chi connectivity index (χ1) is 17.9. The molecule has 0 spiro atoms. The van der Waals surface area contributed by atoms with Gasteiger partial charge in [-0.05, 0) is 31.4 Å². The molecule has 0 amide bonds. The molecular formula is C34H59N2+. The van der Waals surface area contributed by atoms with Crippen LogP contribution in [0.1, 0.15) is 155 Å². The smallest absolute Gasteiger partial charge is 0.234 e. The van der Waals surface area contributed by atoms with E-state index < -0.39 is 0 Å². The Morgan fingerprint density at radius 1 is 0.528 bits per heavy atom. The summed E-state index contributed by atoms with van der Waals surface area (Å²) in [6.45, 7) is 5.77. The van der Waals surface area contributed by atoms with Crippen molar-refractivity contribution in [2.45, 2.75) is 162 Å². The fourth-order valence-electron chi connectivity index (χ4n) is 5.47. The largest absolute Gasteiger partial charge is 0.261 e. The van der Waals surface area contributed by atoms with Crippen molar-refractivity contribution >= 4 is 0 Å². The van der Waals surface area contributed by atoms with Gasteiger partial charge < -0.3 is 0 Å². The molecule has 0 aliphatic rings. The molecule has 2 nitrogen and oxygen atoms in total. The molecule has 2 aromatic rings. The second-order valence-corrected chi connectivity index (χ2v) is 11.1. The molecule has 1 heterocycles. The number of hydrogen-bond acceptors (Lipinski definition) is 0. The number of nitrogens with zero attached hydrogens (tertiary/aromatic N) is 2. The van der Waals surface area contributed by atoms with Gasteiger partial charge in [0.25, 0.3) is 5.82 Å². The van der Waals surface area contributed by atoms with Gasteiger partial charge in [0.2, 0.25) is 0 Å². The van der Waals surface area contributed by atoms with Crippen molar-refractivity contribution in [2.24, 2.45) is 0 Å². The van der Waals surface area contributed by atoms with Gasteiger partial charge in [0, 0.05) is 6.42 Å². The van der Waals surface area contributed by atoms with Gasteiger partial charge in [0.05, 0.1) is 6.54 Å². The zero-order valence-electron chi connectivity index (χ0n) is 24.2. The van der Waals surface area contributed by atoms with Gasteiger partial charge in [0.1, 0.15) is 18.1 Å². The summed E-state index contributed by atoms with van der Waals surface area (Å²) in [7, 11) is 0. The van der Waals surface area contributed by atoms with Gasteiger partial charge in [0.15, 0.2) is 0 Å². The summed E-state index contributed by atoms with van der Waals surface area (Å²) in [6, 6.07) is 10.9. The van der Waals surface area contributed by atoms with Gasteiger partial charge in [-0.3, -0.25) is 0 Å². The molecule has 0 N–H and O–H groups in total. The monoisotopic (exact) mass is 495 g/mol. The van der Waals surface area contributed by atoms with Crippen LogP contribution < -0.4 is 4.57 Å². The van der Waals surface area contributed by atoms with E-state index in [1.165, 1.54) is 159 Å². The Bertz CT molecular complexity index is 733. The van der Waals surface area contributed by atoms with Crippen LogP contribution >= 0.6 is 0 Å². The maximum atomic E-state index is 2.55. The Labute approximate surface area is 224 Å². The maximum absolute atomic E-state index is 2.55. The van der Waals surface area contributed by atoms with E-state index in [0.29, 0.717) is 0 Å². The standard InChI is InChI=1S/C34H59N2/c1-3-5-7-9-11-12-13-14-15-16-17-19-21-26-30-35-31-32-36(33-27-23-22-24-28-33)34(35)29-25-20-18-10-8-6-4-2/h22-24,27-28,31-32H,3-21,25-26,29-30H2,1-2H3/q+1. The second-order valence-electron chi connectivity index (χ2n) is 11.1. The summed E-state index contributed by atoms with van der Waals surface area (Å²) < 4.78 is 4.98. The van der Waals surface area contributed by atoms with Gasteiger partial charge in [-0.15, -0.1) is 0 Å². The molecule has 0 bridgehead atoms. The lowest BCUT2D eigenvalue weighted by Gasteiger charge is -2.06. The maximum Gasteiger partial charge on any atom is 0.261 e. The van der Waals surface area contributed by atoms with Crippen LogP contribution in [0.25, 0.3) is 5.69 Å². The number of aromatic nitrogens is 2. The Hall–Kier alpha value is -1.57. The average Bonchev–Trinajstić information content (AvgIpc) is 3.31. The second kappa shape index (κ2) is 21.5. The van der Waals surface area contributed by atoms with Crippen molar-refractivity contribution in [2.75, 3.05) is 0 Å². The Morgan fingerprint density at radius 3 is 1.47 bits per heavy atom. The van der Waals surface area contributed by atoms with Crippen LogP contribution in [0.15, 0.2) is 42.7 Å². The van der Waals surface area contributed by atoms with Crippen LogP contribution in [0.3, 0.4) is 0 Å². The molecule has 36 heavy (non-hydrogen) atoms. The number of imidazole rings is 1. The predicted molar refractivity (Wildman–Crippen MR) is 158 cm³/mol. The fourth-order valence-corrected chi connectivity index (χ4v) is 5.47. The highest BCUT2D eigenvalue weighted by atomic mass is 15.1. The molecule has 0 aliphatic heterocycles. The van der Waals surface area contributed by atoms with E-state index in [1.807, 2.05) is 0 Å². The molecule has 0 aliphatic carbocycles. The summed E-state index contributed by atoms with van der Waals surface area (Å²) in [5.74, 6) is 1.49. The first-order valence-corrected chi connectivity index (χ1v) is 16.0. The Morgan fingerprint density at radius 2 is 0.972 bits per heavy atom. The number of rotatable bonds is 24. The highest BCUT2D eigenvalue weighted by molar-refractivity contribution is 5.31. The van der Waals surface area contributed by atoms with E-state index in [0.717, 1.165) is 0 Å². The number of aryl methyl sites for hydroxylation is 1. The molecule has 204 valence electrons. The molecule has 0 saturated heterocycles. The van der Waals surface area contributed by atoms with Gasteiger partial charge in [-0.25, -0.2) is 4.57 Å². The first kappa shape index (κ1) is 30.7. The number of benzene rings is 1. The van der Waals surface area contributed by atoms with Gasteiger partial charge >= 0.3 is 0 Å². The van der Waals surface area contributed by atoms with Crippen molar-refractivity contribution < 1.29 is 4.57 Å². The van der Waals surface area contributed by atoms with Gasteiger partial charge in [-0.1, -0.05) is 148 Å². The predicted octanol–water partition coefficient (Wildman–Crippen LogP) is 10.5. The van der Waals surface area contributed by atoms with Crippen molar-refractivity contribution in [3.8, 4) is 5.69 Å². The highest BCUT2D eigenvalue weighted by Gasteiger charge is 2.18. The lowest BCUT2D eigenvalue weighted by Crippen LogP contribution is -2.37. The molecule has 1 aromatic heterocycles. The topological polar surface area (TPSA) is 8.81 Å². The van der Waals surface area contributed by atoms with Crippen LogP contribution in [0.5, 0.6) is 0 Å². The quantitative estimate of drug-likeness (QED) is 0.101. The summed E-state index contributed by atoms with van der Waals surface area (Å²) in [4.78, 5) is 0. The number of unbranched alkanes of at least 4 members (excludes halogenated alkanes) is 19. The SMILES string of the molecule is CCCCCCCCCCCCCCCC[n+]1ccn(-c2ccccc2)c1CCCCCCCCC. The molecule has 2 rings (SSSR count). The molecule has 0 saturated carbocycles. The third kappa shape index (κ3) is 13.7. The number of para-hydroxylation sites is 1. The van der Waals surface area contributed by atoms with E-state index in [2.05, 4.69) is 65.7 Å². The van der Waals surface area contributed by atoms with E-state index in [-0.39, 0.29) is 0 Å². The van der Waals surface area contributed by atoms with Crippen LogP contribution in [0.2, 0.25) is 0 Å². The average molecular weight is 496 g/mol. The van der Waals surface area contributed by atoms with Gasteiger partial charge in [-0.2, -0.15) is 4.57 Å². The van der Waals surface area contributed by atoms with E-state index >= 15 is 0 Å². The van der Waals surface area contributed by atoms with Crippen LogP contribution in [0, 0.1) is 0 Å². The number of hydrogen-bond donors (Lipinski definition) is 0. The Balaban J connectivity index is 1.63. The van der Waals surface area contributed by atoms with Crippen molar-refractivity contribution in [1.29, 1.82) is 0 Å². The zero-order chi connectivity index (χ0) is 25.5. The summed E-state index contributed by atoms with van der Waals surface area (Å²) >= 11 is 0. The summed E-state index contributed by atoms with van der Waals surface area (Å²) in [6.07, 6.45) is 35.4. The molecule has 2 heteroatoms. The first-order valence-electron chi connectivity index (χ1n) is 16.0. The fraction of sp³-hybridized carbons (Fsp3) is 0.735. The minimum Gasteiger partial charge on any atom is -0.234 e. The molecule has 0 radical (unpaired) electrons.